The van der Waals surface area contributed by atoms with Gasteiger partial charge in [0.15, 0.2) is 11.5 Å². The number of amides is 1. The van der Waals surface area contributed by atoms with E-state index in [1.807, 2.05) is 18.2 Å². The van der Waals surface area contributed by atoms with Crippen LogP contribution < -0.4 is 10.1 Å². The first kappa shape index (κ1) is 21.8. The van der Waals surface area contributed by atoms with Crippen LogP contribution in [0.15, 0.2) is 65.1 Å². The largest absolute Gasteiger partial charge is 0.486 e. The minimum atomic E-state index is -0.314. The maximum absolute atomic E-state index is 12.6. The van der Waals surface area contributed by atoms with E-state index in [4.69, 9.17) is 13.9 Å². The second-order valence-corrected chi connectivity index (χ2v) is 7.68. The lowest BCUT2D eigenvalue weighted by atomic mass is 10.1. The first-order chi connectivity index (χ1) is 15.6. The maximum atomic E-state index is 12.6. The lowest BCUT2D eigenvalue weighted by Crippen LogP contribution is -2.35. The summed E-state index contributed by atoms with van der Waals surface area (Å²) in [5, 5.41) is 2.89. The fraction of sp³-hybridized carbons (Fsp3) is 0.280. The first-order valence-electron chi connectivity index (χ1n) is 10.6. The van der Waals surface area contributed by atoms with Gasteiger partial charge in [0.2, 0.25) is 0 Å². The molecule has 1 amide bonds. The summed E-state index contributed by atoms with van der Waals surface area (Å²) in [5.41, 5.74) is 2.48. The molecule has 1 fully saturated rings. The zero-order chi connectivity index (χ0) is 22.3. The van der Waals surface area contributed by atoms with Crippen molar-refractivity contribution in [1.82, 2.24) is 4.90 Å². The second kappa shape index (κ2) is 10.3. The number of carbonyl (C=O) groups excluding carboxylic acids is 2. The van der Waals surface area contributed by atoms with Crippen LogP contribution in [0.4, 0.5) is 5.69 Å². The summed E-state index contributed by atoms with van der Waals surface area (Å²) in [6.45, 7) is 5.86. The van der Waals surface area contributed by atoms with Crippen LogP contribution >= 0.6 is 0 Å². The van der Waals surface area contributed by atoms with Gasteiger partial charge in [-0.25, -0.2) is 0 Å². The van der Waals surface area contributed by atoms with Crippen molar-refractivity contribution in [2.45, 2.75) is 20.1 Å². The molecule has 32 heavy (non-hydrogen) atoms. The van der Waals surface area contributed by atoms with Crippen LogP contribution in [0.5, 0.6) is 5.75 Å². The molecule has 1 N–H and O–H groups in total. The zero-order valence-electron chi connectivity index (χ0n) is 18.0. The molecule has 1 aromatic heterocycles. The van der Waals surface area contributed by atoms with Crippen molar-refractivity contribution in [3.8, 4) is 5.75 Å². The van der Waals surface area contributed by atoms with Gasteiger partial charge >= 0.3 is 0 Å². The molecule has 0 saturated carbocycles. The molecule has 2 aromatic carbocycles. The van der Waals surface area contributed by atoms with Gasteiger partial charge in [-0.3, -0.25) is 14.5 Å². The number of rotatable bonds is 8. The fourth-order valence-electron chi connectivity index (χ4n) is 3.48. The van der Waals surface area contributed by atoms with Gasteiger partial charge in [0.25, 0.3) is 5.91 Å². The predicted molar refractivity (Wildman–Crippen MR) is 120 cm³/mol. The van der Waals surface area contributed by atoms with Crippen molar-refractivity contribution >= 4 is 17.4 Å². The van der Waals surface area contributed by atoms with Gasteiger partial charge in [0.1, 0.15) is 18.1 Å². The van der Waals surface area contributed by atoms with Crippen LogP contribution in [0.25, 0.3) is 0 Å². The molecule has 4 rings (SSSR count). The molecule has 166 valence electrons. The highest BCUT2D eigenvalue weighted by molar-refractivity contribution is 6.02. The van der Waals surface area contributed by atoms with E-state index < -0.39 is 0 Å². The summed E-state index contributed by atoms with van der Waals surface area (Å²) < 4.78 is 16.7. The number of nitrogens with zero attached hydrogens (tertiary/aromatic N) is 1. The third-order valence-electron chi connectivity index (χ3n) is 5.22. The smallest absolute Gasteiger partial charge is 0.291 e. The molecule has 3 aromatic rings. The van der Waals surface area contributed by atoms with Gasteiger partial charge in [0, 0.05) is 30.9 Å². The van der Waals surface area contributed by atoms with Gasteiger partial charge in [-0.15, -0.1) is 0 Å². The highest BCUT2D eigenvalue weighted by Crippen LogP contribution is 2.18. The zero-order valence-corrected chi connectivity index (χ0v) is 18.0. The molecule has 0 atom stereocenters. The molecule has 2 heterocycles. The molecule has 0 bridgehead atoms. The summed E-state index contributed by atoms with van der Waals surface area (Å²) in [7, 11) is 0. The van der Waals surface area contributed by atoms with E-state index in [0.29, 0.717) is 17.1 Å². The van der Waals surface area contributed by atoms with Crippen LogP contribution in [0, 0.1) is 0 Å². The number of hydrogen-bond donors (Lipinski definition) is 1. The summed E-state index contributed by atoms with van der Waals surface area (Å²) in [5.74, 6) is 1.06. The van der Waals surface area contributed by atoms with Crippen molar-refractivity contribution in [2.24, 2.45) is 0 Å². The predicted octanol–water partition coefficient (Wildman–Crippen LogP) is 4.15. The lowest BCUT2D eigenvalue weighted by Gasteiger charge is -2.26. The third-order valence-corrected chi connectivity index (χ3v) is 5.22. The van der Waals surface area contributed by atoms with Crippen molar-refractivity contribution in [3.63, 3.8) is 0 Å². The molecule has 0 unspecified atom stereocenters. The molecule has 7 heteroatoms. The van der Waals surface area contributed by atoms with Crippen LogP contribution in [-0.2, 0) is 17.9 Å². The van der Waals surface area contributed by atoms with Gasteiger partial charge in [-0.05, 0) is 61.0 Å². The number of Topliss-reactive ketones (excluding diaryl/α,β-unsaturated/α-hetero) is 1. The number of benzene rings is 2. The molecular weight excluding hydrogens is 408 g/mol. The van der Waals surface area contributed by atoms with E-state index in [9.17, 15) is 9.59 Å². The highest BCUT2D eigenvalue weighted by atomic mass is 16.5. The monoisotopic (exact) mass is 434 g/mol. The van der Waals surface area contributed by atoms with Crippen molar-refractivity contribution < 1.29 is 23.5 Å². The Balaban J connectivity index is 1.31. The van der Waals surface area contributed by atoms with E-state index in [0.717, 1.165) is 44.1 Å². The number of carbonyl (C=O) groups is 2. The Morgan fingerprint density at radius 2 is 1.81 bits per heavy atom. The summed E-state index contributed by atoms with van der Waals surface area (Å²) in [6.07, 6.45) is 0. The number of morpholine rings is 1. The summed E-state index contributed by atoms with van der Waals surface area (Å²) in [6, 6.07) is 18.1. The number of nitrogens with one attached hydrogen (secondary N) is 1. The topological polar surface area (TPSA) is 81.0 Å². The lowest BCUT2D eigenvalue weighted by molar-refractivity contribution is 0.0342. The van der Waals surface area contributed by atoms with E-state index in [1.54, 1.807) is 36.4 Å². The third kappa shape index (κ3) is 5.84. The Kier molecular flexibility index (Phi) is 6.99. The van der Waals surface area contributed by atoms with Crippen molar-refractivity contribution in [3.05, 3.63) is 83.3 Å². The second-order valence-electron chi connectivity index (χ2n) is 7.68. The molecule has 1 aliphatic heterocycles. The number of furan rings is 1. The van der Waals surface area contributed by atoms with Crippen LogP contribution in [0.3, 0.4) is 0 Å². The first-order valence-corrected chi connectivity index (χ1v) is 10.6. The van der Waals surface area contributed by atoms with E-state index in [1.165, 1.54) is 6.92 Å². The minimum Gasteiger partial charge on any atom is -0.486 e. The Bertz CT molecular complexity index is 1070. The molecule has 1 saturated heterocycles. The Morgan fingerprint density at radius 1 is 1.03 bits per heavy atom. The van der Waals surface area contributed by atoms with Crippen LogP contribution in [0.1, 0.15) is 39.2 Å². The summed E-state index contributed by atoms with van der Waals surface area (Å²) in [4.78, 5) is 26.3. The number of hydrogen-bond acceptors (Lipinski definition) is 6. The SMILES string of the molecule is CC(=O)c1ccc(OCc2ccc(C(=O)Nc3cccc(CN4CCOCC4)c3)o2)cc1. The van der Waals surface area contributed by atoms with Crippen molar-refractivity contribution in [2.75, 3.05) is 31.6 Å². The van der Waals surface area contributed by atoms with Gasteiger partial charge in [0.05, 0.1) is 13.2 Å². The van der Waals surface area contributed by atoms with Gasteiger partial charge in [-0.1, -0.05) is 12.1 Å². The highest BCUT2D eigenvalue weighted by Gasteiger charge is 2.14. The molecule has 0 spiro atoms. The average Bonchev–Trinajstić information content (AvgIpc) is 3.28. The number of ketones is 1. The van der Waals surface area contributed by atoms with Gasteiger partial charge in [-0.2, -0.15) is 0 Å². The molecule has 1 aliphatic rings. The summed E-state index contributed by atoms with van der Waals surface area (Å²) >= 11 is 0. The average molecular weight is 434 g/mol. The maximum Gasteiger partial charge on any atom is 0.291 e. The Labute approximate surface area is 186 Å². The van der Waals surface area contributed by atoms with Crippen LogP contribution in [0.2, 0.25) is 0 Å². The number of anilines is 1. The van der Waals surface area contributed by atoms with E-state index >= 15 is 0 Å². The van der Waals surface area contributed by atoms with Crippen LogP contribution in [-0.4, -0.2) is 42.9 Å². The molecule has 0 radical (unpaired) electrons. The quantitative estimate of drug-likeness (QED) is 0.537. The Hall–Kier alpha value is -3.42. The van der Waals surface area contributed by atoms with E-state index in [2.05, 4.69) is 16.3 Å². The minimum absolute atomic E-state index is 0.00451. The molecule has 0 aliphatic carbocycles. The normalized spacial score (nSPS) is 14.2. The van der Waals surface area contributed by atoms with Gasteiger partial charge < -0.3 is 19.2 Å². The molecular formula is C25H26N2O5. The van der Waals surface area contributed by atoms with E-state index in [-0.39, 0.29) is 24.1 Å². The number of ether oxygens (including phenoxy) is 2. The molecule has 7 nitrogen and oxygen atoms in total. The fourth-order valence-corrected chi connectivity index (χ4v) is 3.48. The standard InChI is InChI=1S/C25H26N2O5/c1-18(28)20-5-7-22(8-6-20)31-17-23-9-10-24(32-23)25(29)26-21-4-2-3-19(15-21)16-27-11-13-30-14-12-27/h2-10,15H,11-14,16-17H2,1H3,(H,26,29). The van der Waals surface area contributed by atoms with Crippen molar-refractivity contribution in [1.29, 1.82) is 0 Å². The Morgan fingerprint density at radius 3 is 2.56 bits per heavy atom.